The Morgan fingerprint density at radius 3 is 2.24 bits per heavy atom. The zero-order chi connectivity index (χ0) is 27.6. The van der Waals surface area contributed by atoms with Gasteiger partial charge in [-0.2, -0.15) is 13.2 Å². The minimum absolute atomic E-state index is 0.00138. The third-order valence-electron chi connectivity index (χ3n) is 6.05. The van der Waals surface area contributed by atoms with Gasteiger partial charge in [-0.25, -0.2) is 0 Å². The number of nitrogens with one attached hydrogen (secondary N) is 3. The maximum atomic E-state index is 14.1. The van der Waals surface area contributed by atoms with Gasteiger partial charge in [0.1, 0.15) is 17.5 Å². The first-order chi connectivity index (χ1) is 17.5. The van der Waals surface area contributed by atoms with Crippen LogP contribution in [0.3, 0.4) is 0 Å². The Kier molecular flexibility index (Phi) is 11.5. The summed E-state index contributed by atoms with van der Waals surface area (Å²) in [4.78, 5) is 13.2. The Balaban J connectivity index is 2.16. The molecule has 0 bridgehead atoms. The SMILES string of the molecule is CC[C@@H](CNc1ccc(OC)cc1OC)NC(=O)[C@H](CC(C)C)N[C@@H](c1ccc(CN)cc1)C(F)(F)F. The molecule has 2 aromatic rings. The van der Waals surface area contributed by atoms with Crippen molar-refractivity contribution < 1.29 is 27.4 Å². The molecule has 1 amide bonds. The van der Waals surface area contributed by atoms with Gasteiger partial charge in [-0.15, -0.1) is 0 Å². The monoisotopic (exact) mass is 524 g/mol. The molecule has 2 aromatic carbocycles. The van der Waals surface area contributed by atoms with Gasteiger partial charge in [0.15, 0.2) is 0 Å². The van der Waals surface area contributed by atoms with Crippen LogP contribution in [-0.4, -0.2) is 44.9 Å². The molecule has 206 valence electrons. The van der Waals surface area contributed by atoms with Crippen LogP contribution in [0, 0.1) is 5.92 Å². The number of rotatable bonds is 14. The highest BCUT2D eigenvalue weighted by atomic mass is 19.4. The van der Waals surface area contributed by atoms with Crippen LogP contribution in [0.1, 0.15) is 50.8 Å². The van der Waals surface area contributed by atoms with E-state index >= 15 is 0 Å². The first-order valence-electron chi connectivity index (χ1n) is 12.4. The first kappa shape index (κ1) is 30.2. The third-order valence-corrected chi connectivity index (χ3v) is 6.05. The number of nitrogens with two attached hydrogens (primary N) is 1. The van der Waals surface area contributed by atoms with E-state index in [9.17, 15) is 18.0 Å². The summed E-state index contributed by atoms with van der Waals surface area (Å²) in [7, 11) is 3.10. The van der Waals surface area contributed by atoms with E-state index in [2.05, 4.69) is 16.0 Å². The topological polar surface area (TPSA) is 97.6 Å². The van der Waals surface area contributed by atoms with E-state index in [-0.39, 0.29) is 30.5 Å². The molecule has 7 nitrogen and oxygen atoms in total. The predicted molar refractivity (Wildman–Crippen MR) is 140 cm³/mol. The van der Waals surface area contributed by atoms with Crippen molar-refractivity contribution in [3.8, 4) is 11.5 Å². The molecule has 0 spiro atoms. The Morgan fingerprint density at radius 2 is 1.73 bits per heavy atom. The molecule has 0 saturated heterocycles. The van der Waals surface area contributed by atoms with Gasteiger partial charge in [0.25, 0.3) is 0 Å². The van der Waals surface area contributed by atoms with Crippen LogP contribution in [-0.2, 0) is 11.3 Å². The zero-order valence-corrected chi connectivity index (χ0v) is 22.1. The molecular weight excluding hydrogens is 485 g/mol. The molecule has 0 radical (unpaired) electrons. The molecule has 0 saturated carbocycles. The lowest BCUT2D eigenvalue weighted by atomic mass is 9.98. The van der Waals surface area contributed by atoms with E-state index in [0.29, 0.717) is 30.2 Å². The van der Waals surface area contributed by atoms with Gasteiger partial charge in [-0.1, -0.05) is 45.0 Å². The third kappa shape index (κ3) is 9.12. The van der Waals surface area contributed by atoms with Crippen LogP contribution in [0.4, 0.5) is 18.9 Å². The Labute approximate surface area is 217 Å². The molecule has 0 aliphatic rings. The maximum absolute atomic E-state index is 14.1. The predicted octanol–water partition coefficient (Wildman–Crippen LogP) is 4.78. The molecule has 0 aliphatic carbocycles. The van der Waals surface area contributed by atoms with Crippen molar-refractivity contribution in [1.29, 1.82) is 0 Å². The molecular formula is C27H39F3N4O3. The number of hydrogen-bond acceptors (Lipinski definition) is 6. The van der Waals surface area contributed by atoms with Crippen LogP contribution in [0.15, 0.2) is 42.5 Å². The van der Waals surface area contributed by atoms with E-state index in [1.807, 2.05) is 20.8 Å². The summed E-state index contributed by atoms with van der Waals surface area (Å²) in [5.41, 5.74) is 7.06. The molecule has 0 fully saturated rings. The number of methoxy groups -OCH3 is 2. The summed E-state index contributed by atoms with van der Waals surface area (Å²) < 4.78 is 52.8. The van der Waals surface area contributed by atoms with E-state index < -0.39 is 24.2 Å². The maximum Gasteiger partial charge on any atom is 0.407 e. The molecule has 5 N–H and O–H groups in total. The largest absolute Gasteiger partial charge is 0.497 e. The van der Waals surface area contributed by atoms with Crippen molar-refractivity contribution in [3.63, 3.8) is 0 Å². The summed E-state index contributed by atoms with van der Waals surface area (Å²) in [6, 6.07) is 7.92. The van der Waals surface area contributed by atoms with Crippen LogP contribution in [0.5, 0.6) is 11.5 Å². The average Bonchev–Trinajstić information content (AvgIpc) is 2.87. The van der Waals surface area contributed by atoms with Crippen molar-refractivity contribution in [2.75, 3.05) is 26.1 Å². The molecule has 2 rings (SSSR count). The fourth-order valence-electron chi connectivity index (χ4n) is 3.93. The second kappa shape index (κ2) is 14.1. The fraction of sp³-hybridized carbons (Fsp3) is 0.519. The molecule has 0 unspecified atom stereocenters. The molecule has 37 heavy (non-hydrogen) atoms. The summed E-state index contributed by atoms with van der Waals surface area (Å²) in [5, 5.41) is 8.75. The molecule has 10 heteroatoms. The highest BCUT2D eigenvalue weighted by molar-refractivity contribution is 5.82. The number of anilines is 1. The minimum atomic E-state index is -4.59. The average molecular weight is 525 g/mol. The fourth-order valence-corrected chi connectivity index (χ4v) is 3.93. The van der Waals surface area contributed by atoms with Crippen LogP contribution < -0.4 is 31.2 Å². The van der Waals surface area contributed by atoms with Crippen molar-refractivity contribution in [2.45, 2.75) is 64.5 Å². The smallest absolute Gasteiger partial charge is 0.407 e. The van der Waals surface area contributed by atoms with Gasteiger partial charge in [0.2, 0.25) is 5.91 Å². The Hall–Kier alpha value is -2.98. The number of hydrogen-bond donors (Lipinski definition) is 4. The minimum Gasteiger partial charge on any atom is -0.497 e. The number of ether oxygens (including phenoxy) is 2. The lowest BCUT2D eigenvalue weighted by molar-refractivity contribution is -0.161. The summed E-state index contributed by atoms with van der Waals surface area (Å²) >= 11 is 0. The molecule has 0 aliphatic heterocycles. The summed E-state index contributed by atoms with van der Waals surface area (Å²) in [6.45, 7) is 6.24. The number of alkyl halides is 3. The molecule has 0 aromatic heterocycles. The van der Waals surface area contributed by atoms with Crippen molar-refractivity contribution in [2.24, 2.45) is 11.7 Å². The second-order valence-corrected chi connectivity index (χ2v) is 9.33. The standard InChI is InChI=1S/C27H39F3N4O3/c1-6-20(16-32-22-12-11-21(36-4)14-24(22)37-5)33-26(35)23(13-17(2)3)34-25(27(28,29)30)19-9-7-18(15-31)8-10-19/h7-12,14,17,20,23,25,32,34H,6,13,15-16,31H2,1-5H3,(H,33,35)/t20-,23-,25-/m0/s1. The lowest BCUT2D eigenvalue weighted by Gasteiger charge is -2.30. The first-order valence-corrected chi connectivity index (χ1v) is 12.4. The Bertz CT molecular complexity index is 984. The Morgan fingerprint density at radius 1 is 1.05 bits per heavy atom. The number of halogens is 3. The summed E-state index contributed by atoms with van der Waals surface area (Å²) in [5.74, 6) is 0.742. The van der Waals surface area contributed by atoms with Crippen molar-refractivity contribution in [1.82, 2.24) is 10.6 Å². The van der Waals surface area contributed by atoms with Crippen LogP contribution in [0.2, 0.25) is 0 Å². The van der Waals surface area contributed by atoms with Gasteiger partial charge >= 0.3 is 6.18 Å². The zero-order valence-electron chi connectivity index (χ0n) is 22.1. The molecule has 3 atom stereocenters. The number of carbonyl (C=O) groups excluding carboxylic acids is 1. The summed E-state index contributed by atoms with van der Waals surface area (Å²) in [6.07, 6.45) is -3.76. The van der Waals surface area contributed by atoms with Gasteiger partial charge in [0, 0.05) is 25.2 Å². The highest BCUT2D eigenvalue weighted by Crippen LogP contribution is 2.34. The van der Waals surface area contributed by atoms with Gasteiger partial charge in [-0.3, -0.25) is 10.1 Å². The van der Waals surface area contributed by atoms with E-state index in [1.165, 1.54) is 12.1 Å². The lowest BCUT2D eigenvalue weighted by Crippen LogP contribution is -2.52. The normalized spacial score (nSPS) is 14.1. The van der Waals surface area contributed by atoms with Gasteiger partial charge < -0.3 is 25.8 Å². The van der Waals surface area contributed by atoms with Crippen molar-refractivity contribution in [3.05, 3.63) is 53.6 Å². The van der Waals surface area contributed by atoms with E-state index in [1.54, 1.807) is 44.6 Å². The van der Waals surface area contributed by atoms with Crippen molar-refractivity contribution >= 4 is 11.6 Å². The number of benzene rings is 2. The van der Waals surface area contributed by atoms with E-state index in [4.69, 9.17) is 15.2 Å². The number of carbonyl (C=O) groups is 1. The van der Waals surface area contributed by atoms with Crippen LogP contribution in [0.25, 0.3) is 0 Å². The highest BCUT2D eigenvalue weighted by Gasteiger charge is 2.43. The van der Waals surface area contributed by atoms with Gasteiger partial charge in [0.05, 0.1) is 25.9 Å². The second-order valence-electron chi connectivity index (χ2n) is 9.33. The van der Waals surface area contributed by atoms with E-state index in [0.717, 1.165) is 5.56 Å². The van der Waals surface area contributed by atoms with Crippen LogP contribution >= 0.6 is 0 Å². The number of amides is 1. The van der Waals surface area contributed by atoms with Gasteiger partial charge in [-0.05, 0) is 42.0 Å². The molecule has 0 heterocycles. The quantitative estimate of drug-likeness (QED) is 0.284.